The standard InChI is InChI=1S/C7H9NO2/c1-5-3-2-4-6(8-10)7(5)9/h10H,1-4H2/b8-6-. The van der Waals surface area contributed by atoms with E-state index in [1.807, 2.05) is 0 Å². The lowest BCUT2D eigenvalue weighted by molar-refractivity contribution is -0.110. The van der Waals surface area contributed by atoms with Crippen LogP contribution < -0.4 is 0 Å². The fourth-order valence-electron chi connectivity index (χ4n) is 0.996. The fourth-order valence-corrected chi connectivity index (χ4v) is 0.996. The van der Waals surface area contributed by atoms with Crippen molar-refractivity contribution in [2.45, 2.75) is 19.3 Å². The topological polar surface area (TPSA) is 49.7 Å². The monoisotopic (exact) mass is 139 g/mol. The molecule has 0 saturated heterocycles. The van der Waals surface area contributed by atoms with E-state index in [0.717, 1.165) is 12.8 Å². The molecule has 1 aliphatic carbocycles. The van der Waals surface area contributed by atoms with E-state index in [0.29, 0.717) is 12.0 Å². The summed E-state index contributed by atoms with van der Waals surface area (Å²) in [6.07, 6.45) is 2.18. The third-order valence-corrected chi connectivity index (χ3v) is 1.60. The Balaban J connectivity index is 2.79. The highest BCUT2D eigenvalue weighted by atomic mass is 16.4. The first-order chi connectivity index (χ1) is 4.75. The van der Waals surface area contributed by atoms with Crippen LogP contribution in [0.5, 0.6) is 0 Å². The smallest absolute Gasteiger partial charge is 0.205 e. The van der Waals surface area contributed by atoms with Crippen LogP contribution in [0.25, 0.3) is 0 Å². The van der Waals surface area contributed by atoms with Gasteiger partial charge in [0, 0.05) is 0 Å². The number of hydrogen-bond donors (Lipinski definition) is 1. The Kier molecular flexibility index (Phi) is 1.85. The Morgan fingerprint density at radius 3 is 2.70 bits per heavy atom. The average Bonchev–Trinajstić information content (AvgIpc) is 1.95. The maximum atomic E-state index is 11.0. The van der Waals surface area contributed by atoms with E-state index in [9.17, 15) is 4.79 Å². The van der Waals surface area contributed by atoms with Crippen molar-refractivity contribution in [2.75, 3.05) is 0 Å². The van der Waals surface area contributed by atoms with E-state index in [2.05, 4.69) is 11.7 Å². The molecule has 1 N–H and O–H groups in total. The number of allylic oxidation sites excluding steroid dienone is 1. The zero-order valence-electron chi connectivity index (χ0n) is 5.63. The minimum Gasteiger partial charge on any atom is -0.411 e. The Morgan fingerprint density at radius 2 is 2.20 bits per heavy atom. The molecule has 1 saturated carbocycles. The van der Waals surface area contributed by atoms with Crippen LogP contribution in [0.2, 0.25) is 0 Å². The van der Waals surface area contributed by atoms with Crippen molar-refractivity contribution in [3.8, 4) is 0 Å². The van der Waals surface area contributed by atoms with Gasteiger partial charge in [-0.2, -0.15) is 0 Å². The highest BCUT2D eigenvalue weighted by Crippen LogP contribution is 2.15. The number of oxime groups is 1. The summed E-state index contributed by atoms with van der Waals surface area (Å²) in [5, 5.41) is 11.2. The van der Waals surface area contributed by atoms with Crippen LogP contribution in [0.15, 0.2) is 17.3 Å². The number of rotatable bonds is 0. The summed E-state index contributed by atoms with van der Waals surface area (Å²) in [7, 11) is 0. The largest absolute Gasteiger partial charge is 0.411 e. The highest BCUT2D eigenvalue weighted by Gasteiger charge is 2.20. The van der Waals surface area contributed by atoms with Crippen LogP contribution >= 0.6 is 0 Å². The van der Waals surface area contributed by atoms with Gasteiger partial charge in [-0.15, -0.1) is 0 Å². The van der Waals surface area contributed by atoms with E-state index in [4.69, 9.17) is 5.21 Å². The minimum atomic E-state index is -0.186. The highest BCUT2D eigenvalue weighted by molar-refractivity contribution is 6.46. The van der Waals surface area contributed by atoms with Gasteiger partial charge in [-0.1, -0.05) is 11.7 Å². The molecule has 1 aliphatic rings. The molecule has 0 aromatic heterocycles. The lowest BCUT2D eigenvalue weighted by Gasteiger charge is -2.11. The van der Waals surface area contributed by atoms with E-state index in [-0.39, 0.29) is 11.5 Å². The summed E-state index contributed by atoms with van der Waals surface area (Å²) in [6, 6.07) is 0. The SMILES string of the molecule is C=C1CCC/C(=N/O)C1=O. The van der Waals surface area contributed by atoms with E-state index < -0.39 is 0 Å². The summed E-state index contributed by atoms with van der Waals surface area (Å²) in [5.41, 5.74) is 0.801. The molecule has 0 radical (unpaired) electrons. The Bertz CT molecular complexity index is 206. The molecular weight excluding hydrogens is 130 g/mol. The molecule has 0 amide bonds. The van der Waals surface area contributed by atoms with Crippen molar-refractivity contribution in [2.24, 2.45) is 5.16 Å². The first-order valence-electron chi connectivity index (χ1n) is 3.19. The molecule has 54 valence electrons. The zero-order valence-corrected chi connectivity index (χ0v) is 5.63. The van der Waals surface area contributed by atoms with Crippen LogP contribution in [0.3, 0.4) is 0 Å². The lowest BCUT2D eigenvalue weighted by atomic mass is 9.93. The third kappa shape index (κ3) is 1.07. The van der Waals surface area contributed by atoms with Gasteiger partial charge in [-0.05, 0) is 24.8 Å². The van der Waals surface area contributed by atoms with E-state index >= 15 is 0 Å². The molecule has 0 atom stereocenters. The summed E-state index contributed by atoms with van der Waals surface area (Å²) in [5.74, 6) is -0.186. The van der Waals surface area contributed by atoms with Gasteiger partial charge in [0.25, 0.3) is 0 Å². The molecule has 0 aromatic rings. The first-order valence-corrected chi connectivity index (χ1v) is 3.19. The van der Waals surface area contributed by atoms with E-state index in [1.54, 1.807) is 0 Å². The second-order valence-corrected chi connectivity index (χ2v) is 2.33. The van der Waals surface area contributed by atoms with Crippen molar-refractivity contribution >= 4 is 11.5 Å². The molecule has 0 unspecified atom stereocenters. The quantitative estimate of drug-likeness (QED) is 0.310. The molecule has 0 aliphatic heterocycles. The van der Waals surface area contributed by atoms with Crippen molar-refractivity contribution in [1.29, 1.82) is 0 Å². The number of ketones is 1. The van der Waals surface area contributed by atoms with Gasteiger partial charge in [0.1, 0.15) is 5.71 Å². The second kappa shape index (κ2) is 2.64. The van der Waals surface area contributed by atoms with Gasteiger partial charge >= 0.3 is 0 Å². The van der Waals surface area contributed by atoms with Crippen molar-refractivity contribution in [1.82, 2.24) is 0 Å². The number of carbonyl (C=O) groups excluding carboxylic acids is 1. The van der Waals surface area contributed by atoms with Gasteiger partial charge in [-0.3, -0.25) is 4.79 Å². The predicted molar refractivity (Wildman–Crippen MR) is 37.2 cm³/mol. The predicted octanol–water partition coefficient (Wildman–Crippen LogP) is 1.13. The fraction of sp³-hybridized carbons (Fsp3) is 0.429. The van der Waals surface area contributed by atoms with Crippen LogP contribution in [0.1, 0.15) is 19.3 Å². The molecule has 3 heteroatoms. The second-order valence-electron chi connectivity index (χ2n) is 2.33. The average molecular weight is 139 g/mol. The van der Waals surface area contributed by atoms with Crippen LogP contribution in [0.4, 0.5) is 0 Å². The minimum absolute atomic E-state index is 0.186. The van der Waals surface area contributed by atoms with Gasteiger partial charge in [0.2, 0.25) is 5.78 Å². The summed E-state index contributed by atoms with van der Waals surface area (Å²) < 4.78 is 0. The molecule has 1 fully saturated rings. The lowest BCUT2D eigenvalue weighted by Crippen LogP contribution is -2.20. The molecule has 0 heterocycles. The molecular formula is C7H9NO2. The van der Waals surface area contributed by atoms with Gasteiger partial charge in [0.05, 0.1) is 0 Å². The van der Waals surface area contributed by atoms with Gasteiger partial charge in [0.15, 0.2) is 0 Å². The number of hydrogen-bond acceptors (Lipinski definition) is 3. The zero-order chi connectivity index (χ0) is 7.56. The first kappa shape index (κ1) is 6.99. The normalized spacial score (nSPS) is 23.8. The maximum Gasteiger partial charge on any atom is 0.205 e. The van der Waals surface area contributed by atoms with Crippen molar-refractivity contribution in [3.05, 3.63) is 12.2 Å². The van der Waals surface area contributed by atoms with Gasteiger partial charge in [-0.25, -0.2) is 0 Å². The van der Waals surface area contributed by atoms with Crippen LogP contribution in [-0.4, -0.2) is 16.7 Å². The van der Waals surface area contributed by atoms with Gasteiger partial charge < -0.3 is 5.21 Å². The van der Waals surface area contributed by atoms with Crippen LogP contribution in [0, 0.1) is 0 Å². The van der Waals surface area contributed by atoms with E-state index in [1.165, 1.54) is 0 Å². The Hall–Kier alpha value is -1.12. The molecule has 0 bridgehead atoms. The molecule has 0 spiro atoms. The molecule has 0 aromatic carbocycles. The maximum absolute atomic E-state index is 11.0. The Labute approximate surface area is 59.0 Å². The number of Topliss-reactive ketones (excluding diaryl/α,β-unsaturated/α-hetero) is 1. The summed E-state index contributed by atoms with van der Waals surface area (Å²) in [4.78, 5) is 11.0. The molecule has 10 heavy (non-hydrogen) atoms. The molecule has 1 rings (SSSR count). The third-order valence-electron chi connectivity index (χ3n) is 1.60. The molecule has 3 nitrogen and oxygen atoms in total. The summed E-state index contributed by atoms with van der Waals surface area (Å²) in [6.45, 7) is 3.55. The van der Waals surface area contributed by atoms with Crippen molar-refractivity contribution in [3.63, 3.8) is 0 Å². The number of carbonyl (C=O) groups is 1. The Morgan fingerprint density at radius 1 is 1.50 bits per heavy atom. The number of nitrogens with zero attached hydrogens (tertiary/aromatic N) is 1. The van der Waals surface area contributed by atoms with Crippen molar-refractivity contribution < 1.29 is 10.0 Å². The summed E-state index contributed by atoms with van der Waals surface area (Å²) >= 11 is 0. The van der Waals surface area contributed by atoms with Crippen LogP contribution in [-0.2, 0) is 4.79 Å².